The van der Waals surface area contributed by atoms with E-state index in [-0.39, 0.29) is 29.8 Å². The highest BCUT2D eigenvalue weighted by molar-refractivity contribution is 7.17. The highest BCUT2D eigenvalue weighted by Crippen LogP contribution is 2.34. The Balaban J connectivity index is 1.33. The standard InChI is InChI=1S/C34H43FN6O4S/c1-4-29(42)39-31(34(45)41-16-14-40(3)15-17-41)21(2)23-10-11-26(25(35)18-23)37-32(43)30(22-8-6-5-7-9-22)33(44)38-27-20-46-28-19-36-13-12-24(27)28/h10-13,18-22,30-31H,4-9,14-17H2,1-3H3,(H,37,43)(H,38,44)(H,39,42)/t21-,30-,31+/m0/s1. The maximum Gasteiger partial charge on any atom is 0.245 e. The van der Waals surface area contributed by atoms with Crippen molar-refractivity contribution in [3.05, 3.63) is 53.4 Å². The van der Waals surface area contributed by atoms with Crippen molar-refractivity contribution in [1.29, 1.82) is 0 Å². The summed E-state index contributed by atoms with van der Waals surface area (Å²) in [5, 5.41) is 11.2. The molecule has 1 aromatic carbocycles. The van der Waals surface area contributed by atoms with E-state index in [1.807, 2.05) is 18.5 Å². The van der Waals surface area contributed by atoms with Crippen molar-refractivity contribution in [2.45, 2.75) is 64.3 Å². The number of rotatable bonds is 10. The van der Waals surface area contributed by atoms with E-state index in [9.17, 15) is 19.2 Å². The molecule has 2 aromatic heterocycles. The van der Waals surface area contributed by atoms with E-state index in [0.717, 1.165) is 55.3 Å². The van der Waals surface area contributed by atoms with Crippen LogP contribution >= 0.6 is 11.3 Å². The van der Waals surface area contributed by atoms with Crippen LogP contribution < -0.4 is 16.0 Å². The van der Waals surface area contributed by atoms with Crippen LogP contribution in [0.5, 0.6) is 0 Å². The number of halogens is 1. The number of amides is 4. The van der Waals surface area contributed by atoms with E-state index in [4.69, 9.17) is 0 Å². The van der Waals surface area contributed by atoms with E-state index in [0.29, 0.717) is 24.3 Å². The third-order valence-corrected chi connectivity index (χ3v) is 10.3. The van der Waals surface area contributed by atoms with Crippen LogP contribution in [0.4, 0.5) is 15.8 Å². The van der Waals surface area contributed by atoms with Gasteiger partial charge in [-0.05, 0) is 49.6 Å². The molecule has 1 aliphatic heterocycles. The summed E-state index contributed by atoms with van der Waals surface area (Å²) in [5.41, 5.74) is 1.10. The molecule has 2 fully saturated rings. The molecule has 10 nitrogen and oxygen atoms in total. The largest absolute Gasteiger partial charge is 0.344 e. The summed E-state index contributed by atoms with van der Waals surface area (Å²) < 4.78 is 16.6. The van der Waals surface area contributed by atoms with Gasteiger partial charge in [0.2, 0.25) is 23.6 Å². The van der Waals surface area contributed by atoms with Crippen molar-refractivity contribution in [3.8, 4) is 0 Å². The molecular weight excluding hydrogens is 607 g/mol. The molecule has 3 N–H and O–H groups in total. The zero-order valence-electron chi connectivity index (χ0n) is 26.7. The van der Waals surface area contributed by atoms with Gasteiger partial charge in [-0.3, -0.25) is 24.2 Å². The quantitative estimate of drug-likeness (QED) is 0.266. The van der Waals surface area contributed by atoms with Crippen molar-refractivity contribution in [2.24, 2.45) is 11.8 Å². The summed E-state index contributed by atoms with van der Waals surface area (Å²) in [7, 11) is 2.00. The van der Waals surface area contributed by atoms with Crippen molar-refractivity contribution in [3.63, 3.8) is 0 Å². The van der Waals surface area contributed by atoms with Crippen LogP contribution in [0.3, 0.4) is 0 Å². The number of carbonyl (C=O) groups excluding carboxylic acids is 4. The number of anilines is 2. The Bertz CT molecular complexity index is 1570. The molecule has 1 saturated heterocycles. The van der Waals surface area contributed by atoms with Gasteiger partial charge in [-0.2, -0.15) is 0 Å². The molecule has 0 radical (unpaired) electrons. The number of nitrogens with one attached hydrogen (secondary N) is 3. The maximum atomic E-state index is 15.6. The summed E-state index contributed by atoms with van der Waals surface area (Å²) >= 11 is 1.46. The second-order valence-corrected chi connectivity index (χ2v) is 13.3. The van der Waals surface area contributed by atoms with Crippen molar-refractivity contribution < 1.29 is 23.6 Å². The Morgan fingerprint density at radius 1 is 1.00 bits per heavy atom. The lowest BCUT2D eigenvalue weighted by Crippen LogP contribution is -2.55. The van der Waals surface area contributed by atoms with Crippen LogP contribution in [0.1, 0.15) is 63.9 Å². The minimum absolute atomic E-state index is 0.0406. The molecule has 1 aliphatic carbocycles. The number of carbonyl (C=O) groups is 4. The van der Waals surface area contributed by atoms with Crippen LogP contribution in [0.2, 0.25) is 0 Å². The maximum absolute atomic E-state index is 15.6. The zero-order chi connectivity index (χ0) is 32.8. The molecule has 12 heteroatoms. The first-order valence-corrected chi connectivity index (χ1v) is 17.0. The van der Waals surface area contributed by atoms with E-state index in [1.165, 1.54) is 23.5 Å². The predicted molar refractivity (Wildman–Crippen MR) is 178 cm³/mol. The first-order valence-electron chi connectivity index (χ1n) is 16.1. The molecule has 3 heterocycles. The fourth-order valence-electron chi connectivity index (χ4n) is 6.42. The molecule has 1 saturated carbocycles. The summed E-state index contributed by atoms with van der Waals surface area (Å²) in [6.45, 7) is 6.08. The minimum atomic E-state index is -0.995. The first-order chi connectivity index (χ1) is 22.2. The number of thiophene rings is 1. The smallest absolute Gasteiger partial charge is 0.245 e. The number of piperazine rings is 1. The molecule has 0 unspecified atom stereocenters. The molecule has 0 bridgehead atoms. The van der Waals surface area contributed by atoms with Gasteiger partial charge in [-0.15, -0.1) is 11.3 Å². The van der Waals surface area contributed by atoms with Gasteiger partial charge in [-0.25, -0.2) is 4.39 Å². The van der Waals surface area contributed by atoms with Crippen molar-refractivity contribution >= 4 is 56.4 Å². The number of fused-ring (bicyclic) bond motifs is 1. The fraction of sp³-hybridized carbons (Fsp3) is 0.500. The molecule has 246 valence electrons. The molecule has 3 atom stereocenters. The third-order valence-electron chi connectivity index (χ3n) is 9.32. The monoisotopic (exact) mass is 650 g/mol. The lowest BCUT2D eigenvalue weighted by Gasteiger charge is -2.36. The average molecular weight is 651 g/mol. The van der Waals surface area contributed by atoms with Gasteiger partial charge in [0.1, 0.15) is 17.8 Å². The molecular formula is C34H43FN6O4S. The van der Waals surface area contributed by atoms with Crippen LogP contribution in [-0.4, -0.2) is 77.7 Å². The second kappa shape index (κ2) is 15.1. The highest BCUT2D eigenvalue weighted by Gasteiger charge is 2.37. The topological polar surface area (TPSA) is 124 Å². The molecule has 46 heavy (non-hydrogen) atoms. The third kappa shape index (κ3) is 7.72. The molecule has 4 amide bonds. The van der Waals surface area contributed by atoms with E-state index >= 15 is 4.39 Å². The van der Waals surface area contributed by atoms with Crippen LogP contribution in [0.25, 0.3) is 10.1 Å². The minimum Gasteiger partial charge on any atom is -0.344 e. The normalized spacial score (nSPS) is 18.0. The number of benzene rings is 1. The number of aromatic nitrogens is 1. The lowest BCUT2D eigenvalue weighted by atomic mass is 9.79. The number of pyridine rings is 1. The summed E-state index contributed by atoms with van der Waals surface area (Å²) in [5.74, 6) is -3.79. The Morgan fingerprint density at radius 2 is 1.70 bits per heavy atom. The van der Waals surface area contributed by atoms with Gasteiger partial charge in [0.15, 0.2) is 0 Å². The van der Waals surface area contributed by atoms with Gasteiger partial charge in [-0.1, -0.05) is 39.2 Å². The molecule has 3 aromatic rings. The number of hydrogen-bond donors (Lipinski definition) is 3. The number of likely N-dealkylation sites (N-methyl/N-ethyl adjacent to an activating group) is 1. The van der Waals surface area contributed by atoms with E-state index < -0.39 is 35.5 Å². The van der Waals surface area contributed by atoms with Gasteiger partial charge in [0, 0.05) is 61.7 Å². The average Bonchev–Trinajstić information content (AvgIpc) is 3.47. The Hall–Kier alpha value is -3.90. The first kappa shape index (κ1) is 33.5. The van der Waals surface area contributed by atoms with Gasteiger partial charge in [0.25, 0.3) is 0 Å². The van der Waals surface area contributed by atoms with Crippen LogP contribution in [0.15, 0.2) is 42.0 Å². The van der Waals surface area contributed by atoms with Crippen molar-refractivity contribution in [2.75, 3.05) is 43.9 Å². The van der Waals surface area contributed by atoms with E-state index in [2.05, 4.69) is 25.8 Å². The molecule has 2 aliphatic rings. The predicted octanol–water partition coefficient (Wildman–Crippen LogP) is 4.98. The van der Waals surface area contributed by atoms with Crippen LogP contribution in [0, 0.1) is 17.7 Å². The second-order valence-electron chi connectivity index (χ2n) is 12.4. The van der Waals surface area contributed by atoms with Gasteiger partial charge in [0.05, 0.1) is 16.1 Å². The summed E-state index contributed by atoms with van der Waals surface area (Å²) in [6, 6.07) is 5.38. The van der Waals surface area contributed by atoms with E-state index in [1.54, 1.807) is 37.2 Å². The number of nitrogens with zero attached hydrogens (tertiary/aromatic N) is 3. The zero-order valence-corrected chi connectivity index (χ0v) is 27.5. The highest BCUT2D eigenvalue weighted by atomic mass is 32.1. The fourth-order valence-corrected chi connectivity index (χ4v) is 7.28. The van der Waals surface area contributed by atoms with Gasteiger partial charge < -0.3 is 25.8 Å². The lowest BCUT2D eigenvalue weighted by molar-refractivity contribution is -0.138. The van der Waals surface area contributed by atoms with Crippen molar-refractivity contribution in [1.82, 2.24) is 20.1 Å². The Labute approximate surface area is 273 Å². The Kier molecular flexibility index (Phi) is 11.0. The molecule has 0 spiro atoms. The SMILES string of the molecule is CCC(=O)N[C@@H](C(=O)N1CCN(C)CC1)[C@@H](C)c1ccc(NC(=O)[C@@H](C(=O)Nc2csc3cnccc23)C2CCCCC2)c(F)c1. The number of hydrogen-bond acceptors (Lipinski definition) is 7. The van der Waals surface area contributed by atoms with Crippen LogP contribution in [-0.2, 0) is 19.2 Å². The summed E-state index contributed by atoms with van der Waals surface area (Å²) in [6.07, 6.45) is 8.00. The Morgan fingerprint density at radius 3 is 2.37 bits per heavy atom. The molecule has 5 rings (SSSR count). The van der Waals surface area contributed by atoms with Gasteiger partial charge >= 0.3 is 0 Å². The summed E-state index contributed by atoms with van der Waals surface area (Å²) in [4.78, 5) is 61.3.